The molecule has 8 nitrogen and oxygen atoms in total. The number of anilines is 1. The molecule has 9 heteroatoms. The lowest BCUT2D eigenvalue weighted by Gasteiger charge is -2.23. The lowest BCUT2D eigenvalue weighted by molar-refractivity contribution is -0.130. The molecule has 1 N–H and O–H groups in total. The number of sulfonamides is 1. The Balaban J connectivity index is 1.93. The van der Waals surface area contributed by atoms with E-state index in [0.29, 0.717) is 23.6 Å². The zero-order chi connectivity index (χ0) is 21.2. The second-order valence-electron chi connectivity index (χ2n) is 6.66. The highest BCUT2D eigenvalue weighted by Gasteiger charge is 2.34. The smallest absolute Gasteiger partial charge is 0.240 e. The summed E-state index contributed by atoms with van der Waals surface area (Å²) in [5.41, 5.74) is 2.79. The number of amides is 1. The number of nitrogens with one attached hydrogen (secondary N) is 1. The molecule has 154 valence electrons. The number of benzene rings is 2. The minimum atomic E-state index is -3.35. The topological polar surface area (TPSA) is 97.3 Å². The van der Waals surface area contributed by atoms with E-state index in [0.717, 1.165) is 23.1 Å². The number of carbonyl (C=O) groups excluding carboxylic acids is 1. The molecule has 0 fully saturated rings. The second-order valence-corrected chi connectivity index (χ2v) is 8.41. The van der Waals surface area contributed by atoms with Gasteiger partial charge in [-0.15, -0.1) is 0 Å². The van der Waals surface area contributed by atoms with Crippen LogP contribution in [0.4, 0.5) is 5.69 Å². The first-order chi connectivity index (χ1) is 13.7. The summed E-state index contributed by atoms with van der Waals surface area (Å²) < 4.78 is 36.1. The van der Waals surface area contributed by atoms with Crippen LogP contribution in [0.1, 0.15) is 30.5 Å². The number of hydrazone groups is 1. The van der Waals surface area contributed by atoms with Gasteiger partial charge in [0.1, 0.15) is 0 Å². The largest absolute Gasteiger partial charge is 0.493 e. The fourth-order valence-corrected chi connectivity index (χ4v) is 3.90. The molecule has 0 radical (unpaired) electrons. The molecule has 1 heterocycles. The maximum atomic E-state index is 12.2. The summed E-state index contributed by atoms with van der Waals surface area (Å²) in [4.78, 5) is 12.2. The Bertz CT molecular complexity index is 1050. The molecule has 0 aliphatic carbocycles. The number of carbonyl (C=O) groups is 1. The third kappa shape index (κ3) is 4.51. The molecular formula is C20H23N3O5S. The molecule has 0 unspecified atom stereocenters. The minimum absolute atomic E-state index is 0.190. The van der Waals surface area contributed by atoms with Crippen LogP contribution in [-0.4, -0.2) is 45.5 Å². The molecule has 2 aromatic carbocycles. The zero-order valence-corrected chi connectivity index (χ0v) is 17.5. The van der Waals surface area contributed by atoms with Crippen LogP contribution in [0.25, 0.3) is 0 Å². The number of para-hydroxylation sites is 1. The molecule has 0 aromatic heterocycles. The van der Waals surface area contributed by atoms with Crippen LogP contribution in [0.15, 0.2) is 47.6 Å². The van der Waals surface area contributed by atoms with Gasteiger partial charge in [0.2, 0.25) is 15.9 Å². The van der Waals surface area contributed by atoms with Crippen molar-refractivity contribution < 1.29 is 22.7 Å². The van der Waals surface area contributed by atoms with Crippen LogP contribution in [0.2, 0.25) is 0 Å². The van der Waals surface area contributed by atoms with E-state index in [1.807, 2.05) is 12.1 Å². The van der Waals surface area contributed by atoms with E-state index in [-0.39, 0.29) is 11.9 Å². The average Bonchev–Trinajstić information content (AvgIpc) is 3.12. The van der Waals surface area contributed by atoms with E-state index in [4.69, 9.17) is 9.47 Å². The van der Waals surface area contributed by atoms with Gasteiger partial charge < -0.3 is 9.47 Å². The number of hydrogen-bond acceptors (Lipinski definition) is 6. The van der Waals surface area contributed by atoms with E-state index in [1.165, 1.54) is 11.9 Å². The first kappa shape index (κ1) is 20.7. The monoisotopic (exact) mass is 417 g/mol. The van der Waals surface area contributed by atoms with Gasteiger partial charge in [-0.05, 0) is 23.8 Å². The van der Waals surface area contributed by atoms with Gasteiger partial charge >= 0.3 is 0 Å². The highest BCUT2D eigenvalue weighted by atomic mass is 32.2. The molecule has 3 rings (SSSR count). The quantitative estimate of drug-likeness (QED) is 0.779. The number of rotatable bonds is 6. The summed E-state index contributed by atoms with van der Waals surface area (Å²) in [5, 5.41) is 5.96. The predicted octanol–water partition coefficient (Wildman–Crippen LogP) is 2.77. The van der Waals surface area contributed by atoms with Crippen molar-refractivity contribution in [3.05, 3.63) is 53.6 Å². The van der Waals surface area contributed by atoms with Gasteiger partial charge in [0.15, 0.2) is 11.5 Å². The summed E-state index contributed by atoms with van der Waals surface area (Å²) in [6.07, 6.45) is 1.58. The summed E-state index contributed by atoms with van der Waals surface area (Å²) in [6.45, 7) is 1.46. The Morgan fingerprint density at radius 3 is 2.38 bits per heavy atom. The molecule has 1 aliphatic rings. The highest BCUT2D eigenvalue weighted by molar-refractivity contribution is 7.92. The second kappa shape index (κ2) is 8.12. The van der Waals surface area contributed by atoms with Gasteiger partial charge in [-0.2, -0.15) is 5.10 Å². The van der Waals surface area contributed by atoms with Crippen LogP contribution < -0.4 is 14.2 Å². The van der Waals surface area contributed by atoms with Crippen molar-refractivity contribution in [3.8, 4) is 11.5 Å². The molecule has 0 saturated heterocycles. The zero-order valence-electron chi connectivity index (χ0n) is 16.7. The Hall–Kier alpha value is -3.07. The Morgan fingerprint density at radius 1 is 1.14 bits per heavy atom. The van der Waals surface area contributed by atoms with Crippen LogP contribution in [-0.2, 0) is 14.8 Å². The molecule has 0 saturated carbocycles. The standard InChI is InChI=1S/C20H23N3O5S/c1-13(24)23-18(16-6-5-7-19(27-2)20(16)28-3)12-17(21-23)14-8-10-15(11-9-14)22-29(4,25)26/h5-11,18,22H,12H2,1-4H3/t18-/m0/s1. The molecular weight excluding hydrogens is 394 g/mol. The molecule has 1 amide bonds. The molecule has 0 bridgehead atoms. The number of hydrogen-bond donors (Lipinski definition) is 1. The Labute approximate surface area is 170 Å². The third-order valence-corrected chi connectivity index (χ3v) is 5.15. The van der Waals surface area contributed by atoms with Gasteiger partial charge in [0, 0.05) is 24.6 Å². The van der Waals surface area contributed by atoms with Crippen molar-refractivity contribution >= 4 is 27.3 Å². The lowest BCUT2D eigenvalue weighted by atomic mass is 9.97. The first-order valence-corrected chi connectivity index (χ1v) is 10.8. The van der Waals surface area contributed by atoms with Gasteiger partial charge in [-0.25, -0.2) is 13.4 Å². The van der Waals surface area contributed by atoms with Crippen molar-refractivity contribution in [3.63, 3.8) is 0 Å². The van der Waals surface area contributed by atoms with Gasteiger partial charge in [-0.3, -0.25) is 9.52 Å². The summed E-state index contributed by atoms with van der Waals surface area (Å²) in [5.74, 6) is 0.957. The minimum Gasteiger partial charge on any atom is -0.493 e. The average molecular weight is 417 g/mol. The van der Waals surface area contributed by atoms with Crippen molar-refractivity contribution in [2.45, 2.75) is 19.4 Å². The van der Waals surface area contributed by atoms with Crippen LogP contribution in [0.5, 0.6) is 11.5 Å². The fraction of sp³-hybridized carbons (Fsp3) is 0.300. The van der Waals surface area contributed by atoms with Gasteiger partial charge in [0.25, 0.3) is 0 Å². The Kier molecular flexibility index (Phi) is 5.78. The number of ether oxygens (including phenoxy) is 2. The maximum absolute atomic E-state index is 12.2. The lowest BCUT2D eigenvalue weighted by Crippen LogP contribution is -2.24. The highest BCUT2D eigenvalue weighted by Crippen LogP contribution is 2.41. The van der Waals surface area contributed by atoms with Crippen LogP contribution in [0, 0.1) is 0 Å². The number of nitrogens with zero attached hydrogens (tertiary/aromatic N) is 2. The van der Waals surface area contributed by atoms with Gasteiger partial charge in [-0.1, -0.05) is 24.3 Å². The molecule has 1 atom stereocenters. The van der Waals surface area contributed by atoms with Crippen LogP contribution in [0.3, 0.4) is 0 Å². The maximum Gasteiger partial charge on any atom is 0.240 e. The molecule has 0 spiro atoms. The van der Waals surface area contributed by atoms with E-state index in [1.54, 1.807) is 44.6 Å². The molecule has 1 aliphatic heterocycles. The van der Waals surface area contributed by atoms with E-state index >= 15 is 0 Å². The SMILES string of the molecule is COc1cccc([C@@H]2CC(c3ccc(NS(C)(=O)=O)cc3)=NN2C(C)=O)c1OC. The summed E-state index contributed by atoms with van der Waals surface area (Å²) in [7, 11) is -0.225. The van der Waals surface area contributed by atoms with Crippen molar-refractivity contribution in [1.82, 2.24) is 5.01 Å². The van der Waals surface area contributed by atoms with Crippen LogP contribution >= 0.6 is 0 Å². The van der Waals surface area contributed by atoms with Crippen molar-refractivity contribution in [2.24, 2.45) is 5.10 Å². The predicted molar refractivity (Wildman–Crippen MR) is 111 cm³/mol. The molecule has 29 heavy (non-hydrogen) atoms. The van der Waals surface area contributed by atoms with Gasteiger partial charge in [0.05, 0.1) is 32.2 Å². The first-order valence-electron chi connectivity index (χ1n) is 8.90. The number of methoxy groups -OCH3 is 2. The normalized spacial score (nSPS) is 16.3. The van der Waals surface area contributed by atoms with Crippen molar-refractivity contribution in [2.75, 3.05) is 25.2 Å². The van der Waals surface area contributed by atoms with E-state index in [2.05, 4.69) is 9.82 Å². The third-order valence-electron chi connectivity index (χ3n) is 4.55. The summed E-state index contributed by atoms with van der Waals surface area (Å²) in [6, 6.07) is 12.1. The van der Waals surface area contributed by atoms with E-state index in [9.17, 15) is 13.2 Å². The Morgan fingerprint density at radius 2 is 1.83 bits per heavy atom. The summed E-state index contributed by atoms with van der Waals surface area (Å²) >= 11 is 0. The molecule has 2 aromatic rings. The fourth-order valence-electron chi connectivity index (χ4n) is 3.34. The van der Waals surface area contributed by atoms with Crippen molar-refractivity contribution in [1.29, 1.82) is 0 Å². The van der Waals surface area contributed by atoms with E-state index < -0.39 is 10.0 Å².